The van der Waals surface area contributed by atoms with Gasteiger partial charge in [0, 0.05) is 12.6 Å². The van der Waals surface area contributed by atoms with Crippen molar-refractivity contribution in [1.29, 1.82) is 0 Å². The number of morpholine rings is 1. The van der Waals surface area contributed by atoms with E-state index >= 15 is 0 Å². The fraction of sp³-hybridized carbons (Fsp3) is 0.600. The number of carbonyl (C=O) groups excluding carboxylic acids is 1. The smallest absolute Gasteiger partial charge is 0.325 e. The Morgan fingerprint density at radius 2 is 2.62 bits per heavy atom. The Morgan fingerprint density at radius 3 is 3.31 bits per heavy atom. The van der Waals surface area contributed by atoms with E-state index in [4.69, 9.17) is 14.0 Å². The molecule has 0 radical (unpaired) electrons. The van der Waals surface area contributed by atoms with Gasteiger partial charge in [-0.2, -0.15) is 0 Å². The molecule has 1 aliphatic heterocycles. The third kappa shape index (κ3) is 2.40. The standard InChI is InChI=1S/C10H14N2O4/c1-14-10(13)9-7-15-5-4-12(9)6-8-2-3-11-16-8/h2-3,9H,4-7H2,1H3. The van der Waals surface area contributed by atoms with Crippen molar-refractivity contribution in [2.45, 2.75) is 12.6 Å². The van der Waals surface area contributed by atoms with Crippen LogP contribution in [0.3, 0.4) is 0 Å². The monoisotopic (exact) mass is 226 g/mol. The highest BCUT2D eigenvalue weighted by Crippen LogP contribution is 2.12. The number of nitrogens with zero attached hydrogens (tertiary/aromatic N) is 2. The fourth-order valence-electron chi connectivity index (χ4n) is 1.70. The Bertz CT molecular complexity index is 339. The van der Waals surface area contributed by atoms with E-state index in [0.717, 1.165) is 5.76 Å². The summed E-state index contributed by atoms with van der Waals surface area (Å²) in [6.45, 7) is 2.20. The summed E-state index contributed by atoms with van der Waals surface area (Å²) in [5.41, 5.74) is 0. The molecule has 0 N–H and O–H groups in total. The Morgan fingerprint density at radius 1 is 1.75 bits per heavy atom. The number of esters is 1. The minimum atomic E-state index is -0.358. The zero-order valence-electron chi connectivity index (χ0n) is 9.09. The summed E-state index contributed by atoms with van der Waals surface area (Å²) in [4.78, 5) is 13.5. The summed E-state index contributed by atoms with van der Waals surface area (Å²) in [6.07, 6.45) is 1.59. The second-order valence-electron chi connectivity index (χ2n) is 3.56. The number of aromatic nitrogens is 1. The van der Waals surface area contributed by atoms with Crippen LogP contribution in [0.2, 0.25) is 0 Å². The number of carbonyl (C=O) groups is 1. The van der Waals surface area contributed by atoms with E-state index in [9.17, 15) is 4.79 Å². The van der Waals surface area contributed by atoms with Gasteiger partial charge in [0.25, 0.3) is 0 Å². The molecule has 1 saturated heterocycles. The normalized spacial score (nSPS) is 21.9. The molecule has 0 spiro atoms. The van der Waals surface area contributed by atoms with E-state index in [1.54, 1.807) is 12.3 Å². The van der Waals surface area contributed by atoms with Gasteiger partial charge in [0.05, 0.1) is 33.1 Å². The van der Waals surface area contributed by atoms with E-state index in [-0.39, 0.29) is 12.0 Å². The first-order valence-electron chi connectivity index (χ1n) is 5.10. The first-order chi connectivity index (χ1) is 7.81. The highest BCUT2D eigenvalue weighted by atomic mass is 16.5. The van der Waals surface area contributed by atoms with Crippen molar-refractivity contribution in [3.63, 3.8) is 0 Å². The molecule has 1 unspecified atom stereocenters. The van der Waals surface area contributed by atoms with Gasteiger partial charge in [0.15, 0.2) is 5.76 Å². The Labute approximate surface area is 93.1 Å². The maximum atomic E-state index is 11.5. The largest absolute Gasteiger partial charge is 0.468 e. The molecule has 0 amide bonds. The summed E-state index contributed by atoms with van der Waals surface area (Å²) >= 11 is 0. The lowest BCUT2D eigenvalue weighted by molar-refractivity contribution is -0.153. The van der Waals surface area contributed by atoms with Crippen LogP contribution in [-0.4, -0.2) is 48.9 Å². The van der Waals surface area contributed by atoms with Crippen LogP contribution in [0.5, 0.6) is 0 Å². The lowest BCUT2D eigenvalue weighted by atomic mass is 10.2. The average Bonchev–Trinajstić information content (AvgIpc) is 2.82. The molecule has 1 atom stereocenters. The van der Waals surface area contributed by atoms with Crippen LogP contribution >= 0.6 is 0 Å². The number of hydrogen-bond acceptors (Lipinski definition) is 6. The highest BCUT2D eigenvalue weighted by molar-refractivity contribution is 5.75. The molecule has 0 saturated carbocycles. The van der Waals surface area contributed by atoms with Crippen LogP contribution < -0.4 is 0 Å². The third-order valence-corrected chi connectivity index (χ3v) is 2.56. The second-order valence-corrected chi connectivity index (χ2v) is 3.56. The topological polar surface area (TPSA) is 64.8 Å². The maximum absolute atomic E-state index is 11.5. The molecular weight excluding hydrogens is 212 g/mol. The van der Waals surface area contributed by atoms with Gasteiger partial charge >= 0.3 is 5.97 Å². The minimum Gasteiger partial charge on any atom is -0.468 e. The van der Waals surface area contributed by atoms with Crippen molar-refractivity contribution in [3.8, 4) is 0 Å². The first kappa shape index (κ1) is 11.1. The van der Waals surface area contributed by atoms with Crippen molar-refractivity contribution in [3.05, 3.63) is 18.0 Å². The van der Waals surface area contributed by atoms with Gasteiger partial charge in [-0.25, -0.2) is 0 Å². The fourth-order valence-corrected chi connectivity index (χ4v) is 1.70. The Balaban J connectivity index is 2.02. The molecule has 6 nitrogen and oxygen atoms in total. The van der Waals surface area contributed by atoms with Crippen LogP contribution in [0, 0.1) is 0 Å². The zero-order valence-corrected chi connectivity index (χ0v) is 9.09. The predicted molar refractivity (Wildman–Crippen MR) is 53.5 cm³/mol. The first-order valence-corrected chi connectivity index (χ1v) is 5.10. The molecule has 0 aliphatic carbocycles. The number of ether oxygens (including phenoxy) is 2. The summed E-state index contributed by atoms with van der Waals surface area (Å²) in [5, 5.41) is 3.63. The van der Waals surface area contributed by atoms with E-state index in [2.05, 4.69) is 5.16 Å². The van der Waals surface area contributed by atoms with Gasteiger partial charge in [-0.3, -0.25) is 9.69 Å². The molecule has 2 heterocycles. The van der Waals surface area contributed by atoms with Gasteiger partial charge in [-0.15, -0.1) is 0 Å². The molecule has 1 aromatic heterocycles. The van der Waals surface area contributed by atoms with Crippen molar-refractivity contribution < 1.29 is 18.8 Å². The summed E-state index contributed by atoms with van der Waals surface area (Å²) in [6, 6.07) is 1.42. The third-order valence-electron chi connectivity index (χ3n) is 2.56. The number of methoxy groups -OCH3 is 1. The number of rotatable bonds is 3. The summed E-state index contributed by atoms with van der Waals surface area (Å²) in [7, 11) is 1.38. The quantitative estimate of drug-likeness (QED) is 0.678. The Hall–Kier alpha value is -1.40. The predicted octanol–water partition coefficient (Wildman–Crippen LogP) is 0.0484. The van der Waals surface area contributed by atoms with E-state index in [1.165, 1.54) is 7.11 Å². The molecular formula is C10H14N2O4. The van der Waals surface area contributed by atoms with E-state index in [1.807, 2.05) is 4.90 Å². The van der Waals surface area contributed by atoms with Gasteiger partial charge < -0.3 is 14.0 Å². The van der Waals surface area contributed by atoms with Crippen molar-refractivity contribution >= 4 is 5.97 Å². The van der Waals surface area contributed by atoms with Crippen LogP contribution in [0.15, 0.2) is 16.8 Å². The molecule has 0 aromatic carbocycles. The lowest BCUT2D eigenvalue weighted by Crippen LogP contribution is -2.49. The summed E-state index contributed by atoms with van der Waals surface area (Å²) < 4.78 is 15.0. The number of hydrogen-bond donors (Lipinski definition) is 0. The van der Waals surface area contributed by atoms with E-state index < -0.39 is 0 Å². The minimum absolute atomic E-state index is 0.279. The van der Waals surface area contributed by atoms with Gasteiger partial charge in [0.1, 0.15) is 6.04 Å². The van der Waals surface area contributed by atoms with Gasteiger partial charge in [0.2, 0.25) is 0 Å². The molecule has 1 aromatic rings. The molecule has 16 heavy (non-hydrogen) atoms. The molecule has 0 bridgehead atoms. The molecule has 1 fully saturated rings. The van der Waals surface area contributed by atoms with Crippen LogP contribution in [-0.2, 0) is 20.8 Å². The average molecular weight is 226 g/mol. The second kappa shape index (κ2) is 5.09. The van der Waals surface area contributed by atoms with Crippen LogP contribution in [0.25, 0.3) is 0 Å². The SMILES string of the molecule is COC(=O)C1COCCN1Cc1ccno1. The van der Waals surface area contributed by atoms with Crippen molar-refractivity contribution in [2.75, 3.05) is 26.9 Å². The molecule has 2 rings (SSSR count). The van der Waals surface area contributed by atoms with Crippen molar-refractivity contribution in [2.24, 2.45) is 0 Å². The van der Waals surface area contributed by atoms with Crippen molar-refractivity contribution in [1.82, 2.24) is 10.1 Å². The highest BCUT2D eigenvalue weighted by Gasteiger charge is 2.30. The molecule has 88 valence electrons. The molecule has 6 heteroatoms. The van der Waals surface area contributed by atoms with E-state index in [0.29, 0.717) is 26.3 Å². The lowest BCUT2D eigenvalue weighted by Gasteiger charge is -2.32. The van der Waals surface area contributed by atoms with Crippen LogP contribution in [0.1, 0.15) is 5.76 Å². The van der Waals surface area contributed by atoms with Gasteiger partial charge in [-0.1, -0.05) is 5.16 Å². The summed E-state index contributed by atoms with van der Waals surface area (Å²) in [5.74, 6) is 0.454. The maximum Gasteiger partial charge on any atom is 0.325 e. The molecule has 1 aliphatic rings. The van der Waals surface area contributed by atoms with Gasteiger partial charge in [-0.05, 0) is 0 Å². The van der Waals surface area contributed by atoms with Crippen LogP contribution in [0.4, 0.5) is 0 Å². The Kier molecular flexibility index (Phi) is 3.53. The zero-order chi connectivity index (χ0) is 11.4.